The van der Waals surface area contributed by atoms with Crippen molar-refractivity contribution >= 4 is 59.7 Å². The van der Waals surface area contributed by atoms with E-state index in [0.29, 0.717) is 130 Å². The van der Waals surface area contributed by atoms with Crippen molar-refractivity contribution in [3.8, 4) is 23.0 Å². The van der Waals surface area contributed by atoms with Gasteiger partial charge in [0.15, 0.2) is 34.3 Å². The molecule has 1 aromatic carbocycles. The van der Waals surface area contributed by atoms with Crippen LogP contribution in [0.15, 0.2) is 70.8 Å². The Morgan fingerprint density at radius 3 is 1.48 bits per heavy atom. The minimum atomic E-state index is -1.35. The topological polar surface area (TPSA) is 635 Å². The third-order valence-electron chi connectivity index (χ3n) is 22.1. The number of carboxylic acids is 1. The van der Waals surface area contributed by atoms with E-state index in [-0.39, 0.29) is 120 Å². The second kappa shape index (κ2) is 50.4. The van der Waals surface area contributed by atoms with Crippen LogP contribution in [0, 0.1) is 17.5 Å². The number of azide groups is 2. The maximum atomic E-state index is 13.8. The molecule has 51 heteroatoms. The third kappa shape index (κ3) is 27.5. The Kier molecular flexibility index (Phi) is 40.7. The Hall–Kier alpha value is -13.4. The molecule has 0 saturated carbocycles. The fourth-order valence-electron chi connectivity index (χ4n) is 15.6. The van der Waals surface area contributed by atoms with Gasteiger partial charge < -0.3 is 137 Å². The lowest BCUT2D eigenvalue weighted by Gasteiger charge is -2.45. The molecule has 752 valence electrons. The fourth-order valence-corrected chi connectivity index (χ4v) is 15.6. The summed E-state index contributed by atoms with van der Waals surface area (Å²) in [6.45, 7) is 20.0. The highest BCUT2D eigenvalue weighted by atomic mass is 19.1. The number of benzene rings is 1. The fraction of sp³-hybridized carbons (Fsp3) is 0.581. The number of carbonyl (C=O) groups excluding carboxylic acids is 9. The van der Waals surface area contributed by atoms with E-state index in [1.807, 2.05) is 6.92 Å². The smallest absolute Gasteiger partial charge is 0.408 e. The summed E-state index contributed by atoms with van der Waals surface area (Å²) in [5, 5.41) is 46.8. The van der Waals surface area contributed by atoms with Gasteiger partial charge in [-0.15, -0.1) is 0 Å². The number of nitrogens with two attached hydrogens (primary N) is 1. The number of alkyl carbamates (subject to hydrolysis) is 2. The number of nitrogens with one attached hydrogen (secondary N) is 4. The highest BCUT2D eigenvalue weighted by molar-refractivity contribution is 6.01. The zero-order chi connectivity index (χ0) is 100. The molecule has 14 rings (SSSR count). The number of pyridine rings is 3. The molecule has 6 fully saturated rings. The van der Waals surface area contributed by atoms with E-state index in [1.165, 1.54) is 45.4 Å². The molecule has 4 aromatic heterocycles. The molecule has 9 aliphatic heterocycles. The van der Waals surface area contributed by atoms with Crippen molar-refractivity contribution in [2.75, 3.05) is 135 Å². The SMILES string of the molecule is C.CC(C)(C)OC(=O)N[C@H]1COCC[C@@H]1O.CC(C)(C)OC(=O)N[C@H]1COCC[C@H]1N=[N+]=[N-].CCN1C(=O)c2c(O)c(=O)c(C(=O)NCc3c(F)cc(F)cc3F)cn2C2COCCC21.CCN1C(=O)c2c(OC)c(=O)c(C(=O)O)cn2C2COCCC21.COC(=O)c1cn2c(c(OC)c1=O)C(=O)NC1CCOCC12.COC(=O)c1occ(C(=O)OC)c(=O)c1OC.[N-]=[N+]=N[C@@H]1CCOC[C@@H]1N. The molecule has 9 aliphatic rings. The number of likely N-dealkylation sites (N-methyl/N-ethyl adjacent to an activating group) is 2. The van der Waals surface area contributed by atoms with Crippen molar-refractivity contribution in [2.24, 2.45) is 16.0 Å². The predicted octanol–water partition coefficient (Wildman–Crippen LogP) is 5.70. The van der Waals surface area contributed by atoms with Crippen LogP contribution in [0.3, 0.4) is 0 Å². The van der Waals surface area contributed by atoms with Crippen LogP contribution in [0.5, 0.6) is 23.0 Å². The van der Waals surface area contributed by atoms with E-state index in [0.717, 1.165) is 33.1 Å². The van der Waals surface area contributed by atoms with Gasteiger partial charge in [0.25, 0.3) is 29.4 Å². The number of esters is 3. The Labute approximate surface area is 781 Å². The standard InChI is InChI=1S/C21H20F3N3O5.C15H18N2O6.C14H16N2O6.C10H18N4O3.C10H19NO4.C10H10O7.C5H10N4O.CH4/c1-2-26-15-3-4-32-9-16(15)27-8-12(18(28)19(29)17(27)21(26)31)20(30)25-7-11-13(23)5-10(22)6-14(11)24;1-3-16-9-4-5-23-7-10(9)17-6-8(15(20)21)12(18)13(22-2)11(17)14(16)19;1-20-12-10-13(18)15-8-3-4-22-6-9(8)16(10)5-7(11(12)17)14(19)21-2;1-10(2,3)17-9(15)12-8-6-16-5-4-7(8)13-14-11;1-10(2,3)15-9(13)11-7-6-14-5-4-8(7)12;1-14-7-6(11)5(9(12)15-2)4-17-8(7)10(13)16-3;6-4-3-10-2-1-5(4)8-9-7;/h5-6,8,15-16,29H,2-4,7,9H2,1H3,(H,25,30);6,9-10H,3-5,7H2,1-2H3,(H,20,21);5,8-9H,3-4,6H2,1-2H3,(H,15,18);7-8H,4-6H2,1-3H3,(H,12,15);7-8,12H,4-6H2,1-3H3,(H,11,13);4H,1-3H3;4-5H,1-3,6H2;1H4/t;;;7-,8+;7-,8-;;4-,5+;/m...10.0./s1. The highest BCUT2D eigenvalue weighted by Gasteiger charge is 2.47. The molecule has 48 nitrogen and oxygen atoms in total. The third-order valence-corrected chi connectivity index (χ3v) is 22.1. The van der Waals surface area contributed by atoms with Gasteiger partial charge in [0, 0.05) is 111 Å². The Bertz CT molecular complexity index is 5530. The van der Waals surface area contributed by atoms with Crippen molar-refractivity contribution in [3.05, 3.63) is 167 Å². The van der Waals surface area contributed by atoms with Crippen LogP contribution in [0.25, 0.3) is 20.9 Å². The molecule has 0 bridgehead atoms. The van der Waals surface area contributed by atoms with Crippen molar-refractivity contribution < 1.29 is 147 Å². The first kappa shape index (κ1) is 111. The number of aromatic carboxylic acids is 1. The molecule has 6 amide bonds. The summed E-state index contributed by atoms with van der Waals surface area (Å²) in [4.78, 5) is 177. The first-order valence-electron chi connectivity index (χ1n) is 42.7. The number of aliphatic hydroxyl groups is 1. The minimum absolute atomic E-state index is 0. The summed E-state index contributed by atoms with van der Waals surface area (Å²) in [7, 11) is 7.14. The Morgan fingerprint density at radius 1 is 0.540 bits per heavy atom. The average molecular weight is 1940 g/mol. The van der Waals surface area contributed by atoms with Gasteiger partial charge >= 0.3 is 36.1 Å². The predicted molar refractivity (Wildman–Crippen MR) is 472 cm³/mol. The van der Waals surface area contributed by atoms with Crippen molar-refractivity contribution in [3.63, 3.8) is 0 Å². The second-order valence-corrected chi connectivity index (χ2v) is 33.0. The molecule has 137 heavy (non-hydrogen) atoms. The molecule has 6 unspecified atom stereocenters. The first-order valence-corrected chi connectivity index (χ1v) is 42.7. The van der Waals surface area contributed by atoms with E-state index < -0.39 is 157 Å². The lowest BCUT2D eigenvalue weighted by atomic mass is 9.96. The van der Waals surface area contributed by atoms with Crippen LogP contribution < -0.4 is 62.9 Å². The van der Waals surface area contributed by atoms with Crippen LogP contribution in [0.2, 0.25) is 0 Å². The zero-order valence-electron chi connectivity index (χ0n) is 77.1. The van der Waals surface area contributed by atoms with Crippen LogP contribution in [-0.4, -0.2) is 299 Å². The maximum absolute atomic E-state index is 13.8. The van der Waals surface area contributed by atoms with E-state index in [2.05, 4.69) is 55.5 Å². The number of rotatable bonds is 16. The summed E-state index contributed by atoms with van der Waals surface area (Å²) in [5.74, 6) is -11.7. The number of halogens is 3. The number of hydrogen-bond donors (Lipinski definition) is 8. The summed E-state index contributed by atoms with van der Waals surface area (Å²) in [5.41, 5.74) is 15.6. The molecule has 0 radical (unpaired) electrons. The van der Waals surface area contributed by atoms with Gasteiger partial charge in [-0.2, -0.15) is 0 Å². The maximum Gasteiger partial charge on any atom is 0.408 e. The van der Waals surface area contributed by atoms with E-state index in [9.17, 15) is 95.6 Å². The number of methoxy groups -OCH3 is 6. The van der Waals surface area contributed by atoms with Crippen molar-refractivity contribution in [1.29, 1.82) is 0 Å². The second-order valence-electron chi connectivity index (χ2n) is 33.0. The molecule has 13 heterocycles. The summed E-state index contributed by atoms with van der Waals surface area (Å²) >= 11 is 0. The number of fused-ring (bicyclic) bond motifs is 9. The van der Waals surface area contributed by atoms with Crippen LogP contribution in [-0.2, 0) is 58.7 Å². The molecule has 5 aromatic rings. The molecular formula is C86H115F3N16O32. The number of carbonyl (C=O) groups is 10. The van der Waals surface area contributed by atoms with Gasteiger partial charge in [-0.3, -0.25) is 38.4 Å². The Morgan fingerprint density at radius 2 is 0.971 bits per heavy atom. The van der Waals surface area contributed by atoms with Gasteiger partial charge in [-0.05, 0) is 105 Å². The minimum Gasteiger partial charge on any atom is -0.503 e. The first-order chi connectivity index (χ1) is 64.5. The number of hydrogen-bond acceptors (Lipinski definition) is 34. The summed E-state index contributed by atoms with van der Waals surface area (Å²) in [6.07, 6.45) is 6.74. The van der Waals surface area contributed by atoms with Gasteiger partial charge in [0.05, 0.1) is 149 Å². The molecule has 0 aliphatic carbocycles. The van der Waals surface area contributed by atoms with Gasteiger partial charge in [-0.25, -0.2) is 41.9 Å². The van der Waals surface area contributed by atoms with E-state index in [1.54, 1.807) is 67.4 Å². The lowest BCUT2D eigenvalue weighted by Crippen LogP contribution is -2.55. The molecule has 0 spiro atoms. The van der Waals surface area contributed by atoms with E-state index >= 15 is 0 Å². The van der Waals surface area contributed by atoms with Gasteiger partial charge in [0.1, 0.15) is 57.2 Å². The number of carboxylic acid groups (broad SMARTS) is 1. The van der Waals surface area contributed by atoms with Crippen molar-refractivity contribution in [2.45, 2.75) is 192 Å². The number of aromatic nitrogens is 3. The molecular weight excluding hydrogens is 1830 g/mol. The summed E-state index contributed by atoms with van der Waals surface area (Å²) in [6, 6.07) is -1.50. The number of aromatic hydroxyl groups is 1. The molecule has 9 N–H and O–H groups in total. The molecule has 6 saturated heterocycles. The van der Waals surface area contributed by atoms with Crippen LogP contribution in [0.4, 0.5) is 22.8 Å². The van der Waals surface area contributed by atoms with E-state index in [4.69, 9.17) is 73.3 Å². The van der Waals surface area contributed by atoms with Crippen LogP contribution >= 0.6 is 0 Å². The quantitative estimate of drug-likeness (QED) is 0.0193. The Balaban J connectivity index is 0.000000223. The van der Waals surface area contributed by atoms with Gasteiger partial charge in [0.2, 0.25) is 27.5 Å². The highest BCUT2D eigenvalue weighted by Crippen LogP contribution is 2.38. The lowest BCUT2D eigenvalue weighted by molar-refractivity contribution is -0.0211. The zero-order valence-corrected chi connectivity index (χ0v) is 77.1. The number of aliphatic hydroxyl groups excluding tert-OH is 1. The summed E-state index contributed by atoms with van der Waals surface area (Å²) < 4.78 is 120. The molecule has 12 atom stereocenters. The monoisotopic (exact) mass is 1940 g/mol. The van der Waals surface area contributed by atoms with Gasteiger partial charge in [-0.1, -0.05) is 17.7 Å². The average Bonchev–Trinajstić information content (AvgIpc) is 0.744. The number of ether oxygens (including phenoxy) is 14. The number of amides is 6. The largest absolute Gasteiger partial charge is 0.503 e. The normalized spacial score (nSPS) is 21.9. The van der Waals surface area contributed by atoms with Crippen molar-refractivity contribution in [1.82, 2.24) is 44.8 Å². The van der Waals surface area contributed by atoms with Crippen LogP contribution in [0.1, 0.15) is 208 Å². The number of nitrogens with zero attached hydrogens (tertiary/aromatic N) is 11.